The molecule has 1 amide bonds. The van der Waals surface area contributed by atoms with Crippen LogP contribution in [0.25, 0.3) is 6.08 Å². The van der Waals surface area contributed by atoms with Crippen LogP contribution in [0.3, 0.4) is 0 Å². The number of nitrogens with zero attached hydrogens (tertiary/aromatic N) is 3. The number of hydrogen-bond donors (Lipinski definition) is 0. The number of aryl methyl sites for hydroxylation is 2. The first kappa shape index (κ1) is 21.8. The van der Waals surface area contributed by atoms with E-state index < -0.39 is 0 Å². The predicted molar refractivity (Wildman–Crippen MR) is 125 cm³/mol. The van der Waals surface area contributed by atoms with E-state index in [9.17, 15) is 4.79 Å². The van der Waals surface area contributed by atoms with Crippen molar-refractivity contribution in [3.8, 4) is 5.75 Å². The van der Waals surface area contributed by atoms with E-state index in [0.717, 1.165) is 55.5 Å². The molecule has 0 bridgehead atoms. The monoisotopic (exact) mass is 431 g/mol. The molecule has 0 radical (unpaired) electrons. The van der Waals surface area contributed by atoms with Crippen LogP contribution in [0.1, 0.15) is 32.9 Å². The molecule has 3 aromatic rings. The van der Waals surface area contributed by atoms with Crippen LogP contribution in [0.15, 0.2) is 65.2 Å². The molecule has 1 aliphatic heterocycles. The Morgan fingerprint density at radius 2 is 1.75 bits per heavy atom. The van der Waals surface area contributed by atoms with Gasteiger partial charge in [0.1, 0.15) is 18.1 Å². The van der Waals surface area contributed by atoms with Crippen LogP contribution >= 0.6 is 0 Å². The highest BCUT2D eigenvalue weighted by atomic mass is 16.5. The average molecular weight is 432 g/mol. The van der Waals surface area contributed by atoms with E-state index in [1.54, 1.807) is 0 Å². The normalized spacial score (nSPS) is 14.8. The molecule has 6 nitrogen and oxygen atoms in total. The third-order valence-electron chi connectivity index (χ3n) is 5.80. The van der Waals surface area contributed by atoms with Gasteiger partial charge < -0.3 is 14.2 Å². The fourth-order valence-corrected chi connectivity index (χ4v) is 3.78. The molecule has 2 aromatic carbocycles. The van der Waals surface area contributed by atoms with Crippen LogP contribution < -0.4 is 4.74 Å². The Labute approximate surface area is 189 Å². The number of aromatic nitrogens is 1. The van der Waals surface area contributed by atoms with Crippen molar-refractivity contribution < 1.29 is 14.1 Å². The van der Waals surface area contributed by atoms with E-state index in [1.807, 2.05) is 61.2 Å². The summed E-state index contributed by atoms with van der Waals surface area (Å²) in [6.07, 6.45) is 4.33. The lowest BCUT2D eigenvalue weighted by molar-refractivity contribution is 0.0650. The Balaban J connectivity index is 1.24. The molecule has 0 saturated carbocycles. The van der Waals surface area contributed by atoms with E-state index in [0.29, 0.717) is 12.2 Å². The van der Waals surface area contributed by atoms with E-state index in [2.05, 4.69) is 34.3 Å². The SMILES string of the molecule is Cc1noc(C)c1COc1ccc(C(=O)N2CCN(CC=Cc3ccccc3)CC2)cc1. The molecule has 0 atom stereocenters. The van der Waals surface area contributed by atoms with Gasteiger partial charge in [0.15, 0.2) is 0 Å². The predicted octanol–water partition coefficient (Wildman–Crippen LogP) is 4.34. The van der Waals surface area contributed by atoms with Crippen LogP contribution in [-0.4, -0.2) is 53.6 Å². The van der Waals surface area contributed by atoms with Gasteiger partial charge in [-0.3, -0.25) is 9.69 Å². The third kappa shape index (κ3) is 5.45. The zero-order chi connectivity index (χ0) is 22.3. The van der Waals surface area contributed by atoms with Crippen molar-refractivity contribution >= 4 is 12.0 Å². The Hall–Kier alpha value is -3.38. The summed E-state index contributed by atoms with van der Waals surface area (Å²) in [5, 5.41) is 3.94. The van der Waals surface area contributed by atoms with Gasteiger partial charge in [0.05, 0.1) is 11.3 Å². The first-order chi connectivity index (χ1) is 15.6. The quantitative estimate of drug-likeness (QED) is 0.557. The number of carbonyl (C=O) groups is 1. The summed E-state index contributed by atoms with van der Waals surface area (Å²) >= 11 is 0. The van der Waals surface area contributed by atoms with Gasteiger partial charge in [-0.25, -0.2) is 0 Å². The summed E-state index contributed by atoms with van der Waals surface area (Å²) in [5.41, 5.74) is 3.69. The van der Waals surface area contributed by atoms with E-state index in [1.165, 1.54) is 5.56 Å². The smallest absolute Gasteiger partial charge is 0.253 e. The Morgan fingerprint density at radius 3 is 2.41 bits per heavy atom. The second kappa shape index (κ2) is 10.3. The molecule has 1 aliphatic rings. The minimum absolute atomic E-state index is 0.0711. The van der Waals surface area contributed by atoms with Gasteiger partial charge >= 0.3 is 0 Å². The minimum atomic E-state index is 0.0711. The lowest BCUT2D eigenvalue weighted by atomic mass is 10.1. The summed E-state index contributed by atoms with van der Waals surface area (Å²) in [7, 11) is 0. The highest BCUT2D eigenvalue weighted by molar-refractivity contribution is 5.94. The molecule has 1 fully saturated rings. The van der Waals surface area contributed by atoms with Gasteiger partial charge in [0.2, 0.25) is 0 Å². The zero-order valence-electron chi connectivity index (χ0n) is 18.7. The summed E-state index contributed by atoms with van der Waals surface area (Å²) in [6, 6.07) is 17.7. The largest absolute Gasteiger partial charge is 0.489 e. The van der Waals surface area contributed by atoms with Gasteiger partial charge in [-0.2, -0.15) is 0 Å². The van der Waals surface area contributed by atoms with Gasteiger partial charge in [0, 0.05) is 38.3 Å². The molecule has 0 N–H and O–H groups in total. The van der Waals surface area contributed by atoms with Gasteiger partial charge in [-0.05, 0) is 43.7 Å². The summed E-state index contributed by atoms with van der Waals surface area (Å²) in [6.45, 7) is 8.30. The van der Waals surface area contributed by atoms with Crippen LogP contribution in [0.5, 0.6) is 5.75 Å². The zero-order valence-corrected chi connectivity index (χ0v) is 18.7. The highest BCUT2D eigenvalue weighted by Gasteiger charge is 2.21. The molecule has 0 aliphatic carbocycles. The number of hydrogen-bond acceptors (Lipinski definition) is 5. The molecule has 2 heterocycles. The van der Waals surface area contributed by atoms with E-state index in [-0.39, 0.29) is 5.91 Å². The molecule has 0 unspecified atom stereocenters. The Kier molecular flexibility index (Phi) is 7.02. The maximum absolute atomic E-state index is 12.9. The first-order valence-corrected chi connectivity index (χ1v) is 11.0. The van der Waals surface area contributed by atoms with Crippen molar-refractivity contribution in [2.75, 3.05) is 32.7 Å². The number of benzene rings is 2. The number of piperazine rings is 1. The van der Waals surface area contributed by atoms with Crippen LogP contribution in [-0.2, 0) is 6.61 Å². The van der Waals surface area contributed by atoms with E-state index in [4.69, 9.17) is 9.26 Å². The lowest BCUT2D eigenvalue weighted by Gasteiger charge is -2.34. The number of ether oxygens (including phenoxy) is 1. The standard InChI is InChI=1S/C26H29N3O3/c1-20-25(21(2)32-27-20)19-31-24-12-10-23(11-13-24)26(30)29-17-15-28(16-18-29)14-6-9-22-7-4-3-5-8-22/h3-13H,14-19H2,1-2H3. The molecular formula is C26H29N3O3. The molecule has 32 heavy (non-hydrogen) atoms. The highest BCUT2D eigenvalue weighted by Crippen LogP contribution is 2.19. The second-order valence-corrected chi connectivity index (χ2v) is 8.02. The van der Waals surface area contributed by atoms with Gasteiger partial charge in [-0.1, -0.05) is 47.6 Å². The van der Waals surface area contributed by atoms with Crippen LogP contribution in [0.4, 0.5) is 0 Å². The van der Waals surface area contributed by atoms with Crippen molar-refractivity contribution in [2.24, 2.45) is 0 Å². The Bertz CT molecular complexity index is 1030. The van der Waals surface area contributed by atoms with Crippen molar-refractivity contribution in [3.05, 3.63) is 88.8 Å². The lowest BCUT2D eigenvalue weighted by Crippen LogP contribution is -2.48. The number of carbonyl (C=O) groups excluding carboxylic acids is 1. The molecule has 0 spiro atoms. The summed E-state index contributed by atoms with van der Waals surface area (Å²) < 4.78 is 11.0. The summed E-state index contributed by atoms with van der Waals surface area (Å²) in [5.74, 6) is 1.56. The van der Waals surface area contributed by atoms with Crippen LogP contribution in [0.2, 0.25) is 0 Å². The third-order valence-corrected chi connectivity index (χ3v) is 5.80. The average Bonchev–Trinajstić information content (AvgIpc) is 3.16. The number of rotatable bonds is 7. The second-order valence-electron chi connectivity index (χ2n) is 8.02. The maximum atomic E-state index is 12.9. The molecule has 6 heteroatoms. The first-order valence-electron chi connectivity index (χ1n) is 11.0. The molecule has 1 saturated heterocycles. The van der Waals surface area contributed by atoms with Crippen LogP contribution in [0, 0.1) is 13.8 Å². The van der Waals surface area contributed by atoms with E-state index >= 15 is 0 Å². The molecular weight excluding hydrogens is 402 g/mol. The minimum Gasteiger partial charge on any atom is -0.489 e. The molecule has 4 rings (SSSR count). The van der Waals surface area contributed by atoms with Gasteiger partial charge in [0.25, 0.3) is 5.91 Å². The van der Waals surface area contributed by atoms with Crippen molar-refractivity contribution in [1.29, 1.82) is 0 Å². The summed E-state index contributed by atoms with van der Waals surface area (Å²) in [4.78, 5) is 17.2. The van der Waals surface area contributed by atoms with Crippen molar-refractivity contribution in [1.82, 2.24) is 15.0 Å². The topological polar surface area (TPSA) is 58.8 Å². The Morgan fingerprint density at radius 1 is 1.03 bits per heavy atom. The van der Waals surface area contributed by atoms with Gasteiger partial charge in [-0.15, -0.1) is 0 Å². The van der Waals surface area contributed by atoms with Crippen molar-refractivity contribution in [2.45, 2.75) is 20.5 Å². The van der Waals surface area contributed by atoms with Crippen molar-refractivity contribution in [3.63, 3.8) is 0 Å². The fourth-order valence-electron chi connectivity index (χ4n) is 3.78. The molecule has 1 aromatic heterocycles. The molecule has 166 valence electrons. The fraction of sp³-hybridized carbons (Fsp3) is 0.308. The maximum Gasteiger partial charge on any atom is 0.253 e. The number of amides is 1.